The molecular weight excluding hydrogens is 190 g/mol. The van der Waals surface area contributed by atoms with Crippen molar-refractivity contribution in [3.05, 3.63) is 18.0 Å². The number of nitrogens with zero attached hydrogens (tertiary/aromatic N) is 2. The number of aromatic nitrogens is 2. The average Bonchev–Trinajstić information content (AvgIpc) is 2.75. The predicted molar refractivity (Wildman–Crippen MR) is 60.5 cm³/mol. The lowest BCUT2D eigenvalue weighted by molar-refractivity contribution is -0.0194. The third-order valence-corrected chi connectivity index (χ3v) is 3.16. The first-order valence-electron chi connectivity index (χ1n) is 5.40. The number of hydrogen-bond acceptors (Lipinski definition) is 3. The van der Waals surface area contributed by atoms with Crippen LogP contribution in [-0.2, 0) is 11.3 Å². The fourth-order valence-corrected chi connectivity index (χ4v) is 1.56. The molecule has 0 bridgehead atoms. The zero-order valence-electron chi connectivity index (χ0n) is 10.0. The Labute approximate surface area is 91.4 Å². The molecule has 86 valence electrons. The molecule has 2 N–H and O–H groups in total. The van der Waals surface area contributed by atoms with Gasteiger partial charge in [0.05, 0.1) is 17.8 Å². The number of hydrogen-bond donors (Lipinski definition) is 1. The van der Waals surface area contributed by atoms with Crippen molar-refractivity contribution in [2.75, 3.05) is 7.11 Å². The molecule has 0 aliphatic rings. The van der Waals surface area contributed by atoms with Crippen molar-refractivity contribution < 1.29 is 4.74 Å². The monoisotopic (exact) mass is 211 g/mol. The van der Waals surface area contributed by atoms with Crippen LogP contribution >= 0.6 is 0 Å². The van der Waals surface area contributed by atoms with Crippen LogP contribution in [0.3, 0.4) is 0 Å². The molecule has 0 fully saturated rings. The molecule has 0 amide bonds. The van der Waals surface area contributed by atoms with E-state index < -0.39 is 0 Å². The molecule has 4 nitrogen and oxygen atoms in total. The van der Waals surface area contributed by atoms with Gasteiger partial charge < -0.3 is 10.5 Å². The van der Waals surface area contributed by atoms with Gasteiger partial charge in [0.15, 0.2) is 0 Å². The summed E-state index contributed by atoms with van der Waals surface area (Å²) in [6.07, 6.45) is 4.68. The zero-order valence-corrected chi connectivity index (χ0v) is 10.0. The second-order valence-electron chi connectivity index (χ2n) is 3.98. The van der Waals surface area contributed by atoms with Crippen LogP contribution in [-0.4, -0.2) is 22.5 Å². The Kier molecular flexibility index (Phi) is 3.88. The summed E-state index contributed by atoms with van der Waals surface area (Å²) in [4.78, 5) is 0. The molecule has 0 radical (unpaired) electrons. The molecule has 2 unspecified atom stereocenters. The zero-order chi connectivity index (χ0) is 11.5. The van der Waals surface area contributed by atoms with Gasteiger partial charge >= 0.3 is 0 Å². The van der Waals surface area contributed by atoms with Crippen molar-refractivity contribution in [3.63, 3.8) is 0 Å². The van der Waals surface area contributed by atoms with Crippen LogP contribution < -0.4 is 5.73 Å². The number of rotatable bonds is 5. The lowest BCUT2D eigenvalue weighted by Crippen LogP contribution is -2.39. The molecule has 2 atom stereocenters. The van der Waals surface area contributed by atoms with Gasteiger partial charge in [0.25, 0.3) is 0 Å². The Morgan fingerprint density at radius 2 is 2.27 bits per heavy atom. The predicted octanol–water partition coefficient (Wildman–Crippen LogP) is 1.72. The van der Waals surface area contributed by atoms with Crippen molar-refractivity contribution in [1.82, 2.24) is 9.78 Å². The summed E-state index contributed by atoms with van der Waals surface area (Å²) >= 11 is 0. The summed E-state index contributed by atoms with van der Waals surface area (Å²) in [7, 11) is 1.70. The SMILES string of the molecule is CCn1cc(C(N)C(C)(CC)OC)cn1. The van der Waals surface area contributed by atoms with Crippen LogP contribution in [0.1, 0.15) is 38.8 Å². The maximum absolute atomic E-state index is 6.18. The smallest absolute Gasteiger partial charge is 0.0841 e. The molecule has 0 aliphatic heterocycles. The van der Waals surface area contributed by atoms with Crippen LogP contribution in [0.15, 0.2) is 12.4 Å². The minimum Gasteiger partial charge on any atom is -0.377 e. The van der Waals surface area contributed by atoms with Crippen LogP contribution in [0.4, 0.5) is 0 Å². The van der Waals surface area contributed by atoms with Crippen molar-refractivity contribution in [3.8, 4) is 0 Å². The Bertz CT molecular complexity index is 305. The van der Waals surface area contributed by atoms with Crippen molar-refractivity contribution >= 4 is 0 Å². The number of methoxy groups -OCH3 is 1. The molecule has 0 saturated heterocycles. The molecule has 1 aromatic rings. The maximum Gasteiger partial charge on any atom is 0.0841 e. The largest absolute Gasteiger partial charge is 0.377 e. The number of aryl methyl sites for hydroxylation is 1. The second-order valence-corrected chi connectivity index (χ2v) is 3.98. The first-order valence-corrected chi connectivity index (χ1v) is 5.40. The average molecular weight is 211 g/mol. The normalized spacial score (nSPS) is 17.4. The van der Waals surface area contributed by atoms with Crippen LogP contribution in [0.25, 0.3) is 0 Å². The Morgan fingerprint density at radius 3 is 2.67 bits per heavy atom. The highest BCUT2D eigenvalue weighted by Gasteiger charge is 2.31. The standard InChI is InChI=1S/C11H21N3O/c1-5-11(3,15-4)10(12)9-7-13-14(6-2)8-9/h7-8,10H,5-6,12H2,1-4H3. The summed E-state index contributed by atoms with van der Waals surface area (Å²) in [6, 6.07) is -0.132. The first-order chi connectivity index (χ1) is 7.07. The molecule has 1 heterocycles. The molecule has 15 heavy (non-hydrogen) atoms. The lowest BCUT2D eigenvalue weighted by atomic mass is 9.90. The van der Waals surface area contributed by atoms with E-state index in [4.69, 9.17) is 10.5 Å². The second kappa shape index (κ2) is 4.77. The van der Waals surface area contributed by atoms with Crippen LogP contribution in [0, 0.1) is 0 Å². The highest BCUT2D eigenvalue weighted by molar-refractivity contribution is 5.14. The summed E-state index contributed by atoms with van der Waals surface area (Å²) < 4.78 is 7.36. The third-order valence-electron chi connectivity index (χ3n) is 3.16. The Hall–Kier alpha value is -0.870. The molecule has 4 heteroatoms. The molecule has 0 saturated carbocycles. The van der Waals surface area contributed by atoms with Crippen molar-refractivity contribution in [2.24, 2.45) is 5.73 Å². The summed E-state index contributed by atoms with van der Waals surface area (Å²) in [5, 5.41) is 4.22. The molecule has 1 aromatic heterocycles. The van der Waals surface area contributed by atoms with Gasteiger partial charge in [-0.15, -0.1) is 0 Å². The van der Waals surface area contributed by atoms with E-state index in [0.29, 0.717) is 0 Å². The summed E-state index contributed by atoms with van der Waals surface area (Å²) in [5.74, 6) is 0. The molecule has 0 spiro atoms. The van der Waals surface area contributed by atoms with E-state index in [2.05, 4.69) is 18.9 Å². The first kappa shape index (κ1) is 12.2. The van der Waals surface area contributed by atoms with Gasteiger partial charge in [-0.3, -0.25) is 4.68 Å². The van der Waals surface area contributed by atoms with E-state index in [1.54, 1.807) is 7.11 Å². The van der Waals surface area contributed by atoms with E-state index in [-0.39, 0.29) is 11.6 Å². The van der Waals surface area contributed by atoms with Crippen LogP contribution in [0.5, 0.6) is 0 Å². The van der Waals surface area contributed by atoms with Gasteiger partial charge in [-0.1, -0.05) is 6.92 Å². The van der Waals surface area contributed by atoms with Gasteiger partial charge in [-0.05, 0) is 20.3 Å². The van der Waals surface area contributed by atoms with E-state index in [1.807, 2.05) is 24.0 Å². The highest BCUT2D eigenvalue weighted by atomic mass is 16.5. The summed E-state index contributed by atoms with van der Waals surface area (Å²) in [5.41, 5.74) is 6.90. The van der Waals surface area contributed by atoms with Crippen molar-refractivity contribution in [1.29, 1.82) is 0 Å². The van der Waals surface area contributed by atoms with Gasteiger partial charge in [-0.25, -0.2) is 0 Å². The fraction of sp³-hybridized carbons (Fsp3) is 0.727. The fourth-order valence-electron chi connectivity index (χ4n) is 1.56. The maximum atomic E-state index is 6.18. The lowest BCUT2D eigenvalue weighted by Gasteiger charge is -2.32. The topological polar surface area (TPSA) is 53.1 Å². The number of ether oxygens (including phenoxy) is 1. The highest BCUT2D eigenvalue weighted by Crippen LogP contribution is 2.28. The molecular formula is C11H21N3O. The minimum atomic E-state index is -0.318. The van der Waals surface area contributed by atoms with Gasteiger partial charge in [0.1, 0.15) is 0 Å². The van der Waals surface area contributed by atoms with E-state index >= 15 is 0 Å². The van der Waals surface area contributed by atoms with Crippen molar-refractivity contribution in [2.45, 2.75) is 45.4 Å². The van der Waals surface area contributed by atoms with Crippen LogP contribution in [0.2, 0.25) is 0 Å². The molecule has 0 aromatic carbocycles. The van der Waals surface area contributed by atoms with Gasteiger partial charge in [0, 0.05) is 25.4 Å². The quantitative estimate of drug-likeness (QED) is 0.806. The van der Waals surface area contributed by atoms with E-state index in [0.717, 1.165) is 18.5 Å². The number of nitrogens with two attached hydrogens (primary N) is 1. The Morgan fingerprint density at radius 1 is 1.60 bits per heavy atom. The minimum absolute atomic E-state index is 0.132. The van der Waals surface area contributed by atoms with E-state index in [9.17, 15) is 0 Å². The van der Waals surface area contributed by atoms with Gasteiger partial charge in [0.2, 0.25) is 0 Å². The van der Waals surface area contributed by atoms with E-state index in [1.165, 1.54) is 0 Å². The molecule has 1 rings (SSSR count). The Balaban J connectivity index is 2.87. The molecule has 0 aliphatic carbocycles. The van der Waals surface area contributed by atoms with Gasteiger partial charge in [-0.2, -0.15) is 5.10 Å². The summed E-state index contributed by atoms with van der Waals surface area (Å²) in [6.45, 7) is 7.02. The third kappa shape index (κ3) is 2.38.